The maximum atomic E-state index is 12.3. The van der Waals surface area contributed by atoms with Crippen LogP contribution in [0.1, 0.15) is 40.7 Å². The van der Waals surface area contributed by atoms with Gasteiger partial charge < -0.3 is 9.84 Å². The summed E-state index contributed by atoms with van der Waals surface area (Å²) in [5.74, 6) is 1.69. The van der Waals surface area contributed by atoms with Crippen LogP contribution in [0.15, 0.2) is 22.9 Å². The minimum atomic E-state index is -0.250. The average Bonchev–Trinajstić information content (AvgIpc) is 2.84. The summed E-state index contributed by atoms with van der Waals surface area (Å²) in [5.41, 5.74) is 2.40. The van der Waals surface area contributed by atoms with E-state index in [0.29, 0.717) is 17.4 Å². The maximum absolute atomic E-state index is 12.3. The Hall–Kier alpha value is -2.17. The number of hydrogen-bond acceptors (Lipinski definition) is 4. The van der Waals surface area contributed by atoms with Crippen LogP contribution in [0.2, 0.25) is 0 Å². The van der Waals surface area contributed by atoms with Crippen LogP contribution in [-0.2, 0) is 12.8 Å². The Morgan fingerprint density at radius 2 is 2.30 bits per heavy atom. The predicted molar refractivity (Wildman–Crippen MR) is 74.6 cm³/mol. The molecule has 20 heavy (non-hydrogen) atoms. The van der Waals surface area contributed by atoms with Gasteiger partial charge in [-0.2, -0.15) is 0 Å². The number of nitrogens with one attached hydrogen (secondary N) is 1. The van der Waals surface area contributed by atoms with E-state index in [0.717, 1.165) is 36.1 Å². The molecule has 0 aromatic carbocycles. The van der Waals surface area contributed by atoms with E-state index in [2.05, 4.69) is 22.4 Å². The van der Waals surface area contributed by atoms with Crippen LogP contribution >= 0.6 is 0 Å². The van der Waals surface area contributed by atoms with Crippen LogP contribution < -0.4 is 5.32 Å². The van der Waals surface area contributed by atoms with Crippen molar-refractivity contribution in [1.29, 1.82) is 0 Å². The molecular formula is C15H17N3O2. The molecule has 0 aliphatic heterocycles. The Kier molecular flexibility index (Phi) is 3.26. The fraction of sp³-hybridized carbons (Fsp3) is 0.400. The van der Waals surface area contributed by atoms with Gasteiger partial charge in [-0.3, -0.25) is 4.79 Å². The molecule has 1 atom stereocenters. The molecule has 2 heterocycles. The number of aromatic nitrogens is 2. The van der Waals surface area contributed by atoms with Crippen LogP contribution in [0.25, 0.3) is 0 Å². The molecule has 0 unspecified atom stereocenters. The zero-order valence-corrected chi connectivity index (χ0v) is 11.6. The molecule has 2 aromatic heterocycles. The van der Waals surface area contributed by atoms with Crippen LogP contribution in [0, 0.1) is 12.8 Å². The third kappa shape index (κ3) is 2.43. The Balaban J connectivity index is 1.81. The van der Waals surface area contributed by atoms with Crippen molar-refractivity contribution < 1.29 is 9.32 Å². The van der Waals surface area contributed by atoms with Gasteiger partial charge in [0.1, 0.15) is 11.6 Å². The van der Waals surface area contributed by atoms with E-state index in [-0.39, 0.29) is 5.91 Å². The first-order chi connectivity index (χ1) is 9.63. The van der Waals surface area contributed by atoms with Crippen LogP contribution in [0.5, 0.6) is 0 Å². The van der Waals surface area contributed by atoms with Gasteiger partial charge >= 0.3 is 0 Å². The van der Waals surface area contributed by atoms with Crippen molar-refractivity contribution in [3.63, 3.8) is 0 Å². The van der Waals surface area contributed by atoms with E-state index >= 15 is 0 Å². The summed E-state index contributed by atoms with van der Waals surface area (Å²) in [5, 5.41) is 6.70. The zero-order chi connectivity index (χ0) is 14.1. The highest BCUT2D eigenvalue weighted by Gasteiger charge is 2.27. The number of nitrogens with zero attached hydrogens (tertiary/aromatic N) is 2. The third-order valence-corrected chi connectivity index (χ3v) is 3.65. The van der Waals surface area contributed by atoms with Gasteiger partial charge in [-0.25, -0.2) is 4.98 Å². The minimum absolute atomic E-state index is 0.250. The molecule has 104 valence electrons. The van der Waals surface area contributed by atoms with Crippen molar-refractivity contribution in [3.8, 4) is 0 Å². The molecule has 1 aliphatic rings. The first-order valence-electron chi connectivity index (χ1n) is 6.85. The third-order valence-electron chi connectivity index (χ3n) is 3.65. The van der Waals surface area contributed by atoms with E-state index in [1.165, 1.54) is 0 Å². The lowest BCUT2D eigenvalue weighted by atomic mass is 9.88. The summed E-state index contributed by atoms with van der Waals surface area (Å²) >= 11 is 0. The zero-order valence-electron chi connectivity index (χ0n) is 11.6. The van der Waals surface area contributed by atoms with Crippen LogP contribution in [0.4, 0.5) is 5.82 Å². The quantitative estimate of drug-likeness (QED) is 0.912. The number of hydrogen-bond donors (Lipinski definition) is 1. The van der Waals surface area contributed by atoms with E-state index in [1.54, 1.807) is 12.3 Å². The van der Waals surface area contributed by atoms with E-state index in [9.17, 15) is 4.79 Å². The second kappa shape index (κ2) is 5.07. The Morgan fingerprint density at radius 3 is 3.05 bits per heavy atom. The lowest BCUT2D eigenvalue weighted by Gasteiger charge is -2.16. The highest BCUT2D eigenvalue weighted by molar-refractivity contribution is 6.03. The molecule has 0 radical (unpaired) electrons. The predicted octanol–water partition coefficient (Wildman–Crippen LogP) is 2.76. The molecule has 3 rings (SSSR count). The van der Waals surface area contributed by atoms with Crippen molar-refractivity contribution in [2.45, 2.75) is 33.1 Å². The lowest BCUT2D eigenvalue weighted by molar-refractivity contribution is 0.101. The van der Waals surface area contributed by atoms with Gasteiger partial charge in [0.05, 0.1) is 0 Å². The molecule has 0 bridgehead atoms. The first kappa shape index (κ1) is 12.8. The van der Waals surface area contributed by atoms with Gasteiger partial charge in [-0.05, 0) is 37.3 Å². The monoisotopic (exact) mass is 271 g/mol. The summed E-state index contributed by atoms with van der Waals surface area (Å²) < 4.78 is 5.28. The summed E-state index contributed by atoms with van der Waals surface area (Å²) in [7, 11) is 0. The molecule has 1 N–H and O–H groups in total. The van der Waals surface area contributed by atoms with Crippen molar-refractivity contribution in [2.75, 3.05) is 5.32 Å². The summed E-state index contributed by atoms with van der Waals surface area (Å²) in [6.07, 6.45) is 4.52. The fourth-order valence-electron chi connectivity index (χ4n) is 2.47. The molecule has 0 spiro atoms. The Labute approximate surface area is 117 Å². The normalized spacial score (nSPS) is 17.6. The van der Waals surface area contributed by atoms with E-state index in [1.807, 2.05) is 13.0 Å². The molecular weight excluding hydrogens is 254 g/mol. The number of amides is 1. The van der Waals surface area contributed by atoms with Crippen molar-refractivity contribution in [3.05, 3.63) is 40.9 Å². The maximum Gasteiger partial charge on any atom is 0.279 e. The van der Waals surface area contributed by atoms with E-state index < -0.39 is 0 Å². The van der Waals surface area contributed by atoms with Crippen LogP contribution in [-0.4, -0.2) is 16.0 Å². The standard InChI is InChI=1S/C15H17N3O2/c1-9-3-5-12-11(7-9)14(18-20-12)15(19)17-13-6-4-10(2)8-16-13/h4,6,8-9H,3,5,7H2,1-2H3,(H,16,17,19)/t9-/m0/s1. The first-order valence-corrected chi connectivity index (χ1v) is 6.85. The second-order valence-corrected chi connectivity index (χ2v) is 5.46. The topological polar surface area (TPSA) is 68.0 Å². The molecule has 2 aromatic rings. The SMILES string of the molecule is Cc1ccc(NC(=O)c2noc3c2C[C@@H](C)CC3)nc1. The van der Waals surface area contributed by atoms with Crippen molar-refractivity contribution >= 4 is 11.7 Å². The van der Waals surface area contributed by atoms with Gasteiger partial charge in [-0.1, -0.05) is 18.1 Å². The molecule has 0 fully saturated rings. The van der Waals surface area contributed by atoms with Gasteiger partial charge in [0, 0.05) is 18.2 Å². The molecule has 1 aliphatic carbocycles. The highest BCUT2D eigenvalue weighted by atomic mass is 16.5. The van der Waals surface area contributed by atoms with Gasteiger partial charge in [0.25, 0.3) is 5.91 Å². The molecule has 0 saturated heterocycles. The van der Waals surface area contributed by atoms with Gasteiger partial charge in [0.2, 0.25) is 0 Å². The number of carbonyl (C=O) groups is 1. The largest absolute Gasteiger partial charge is 0.360 e. The molecule has 5 nitrogen and oxygen atoms in total. The molecule has 0 saturated carbocycles. The molecule has 5 heteroatoms. The van der Waals surface area contributed by atoms with Gasteiger partial charge in [0.15, 0.2) is 5.69 Å². The molecule has 1 amide bonds. The second-order valence-electron chi connectivity index (χ2n) is 5.46. The minimum Gasteiger partial charge on any atom is -0.360 e. The van der Waals surface area contributed by atoms with E-state index in [4.69, 9.17) is 4.52 Å². The van der Waals surface area contributed by atoms with Crippen molar-refractivity contribution in [2.24, 2.45) is 5.92 Å². The number of pyridine rings is 1. The Bertz CT molecular complexity index is 631. The van der Waals surface area contributed by atoms with Gasteiger partial charge in [-0.15, -0.1) is 0 Å². The lowest BCUT2D eigenvalue weighted by Crippen LogP contribution is -2.18. The number of aryl methyl sites for hydroxylation is 2. The number of rotatable bonds is 2. The summed E-state index contributed by atoms with van der Waals surface area (Å²) in [4.78, 5) is 16.4. The number of fused-ring (bicyclic) bond motifs is 1. The van der Waals surface area contributed by atoms with Crippen molar-refractivity contribution in [1.82, 2.24) is 10.1 Å². The fourth-order valence-corrected chi connectivity index (χ4v) is 2.47. The smallest absolute Gasteiger partial charge is 0.279 e. The highest BCUT2D eigenvalue weighted by Crippen LogP contribution is 2.28. The van der Waals surface area contributed by atoms with Crippen LogP contribution in [0.3, 0.4) is 0 Å². The summed E-state index contributed by atoms with van der Waals surface area (Å²) in [6, 6.07) is 3.69. The average molecular weight is 271 g/mol. The number of carbonyl (C=O) groups excluding carboxylic acids is 1. The number of anilines is 1. The Morgan fingerprint density at radius 1 is 1.45 bits per heavy atom. The summed E-state index contributed by atoms with van der Waals surface area (Å²) in [6.45, 7) is 4.13.